The Morgan fingerprint density at radius 2 is 1.83 bits per heavy atom. The molecule has 0 radical (unpaired) electrons. The maximum atomic E-state index is 13.1. The van der Waals surface area contributed by atoms with Gasteiger partial charge in [0, 0.05) is 18.2 Å². The summed E-state index contributed by atoms with van der Waals surface area (Å²) in [5, 5.41) is -0.165. The van der Waals surface area contributed by atoms with E-state index in [0.29, 0.717) is 10.8 Å². The van der Waals surface area contributed by atoms with Crippen molar-refractivity contribution in [2.45, 2.75) is 37.2 Å². The Bertz CT molecular complexity index is 1230. The van der Waals surface area contributed by atoms with Crippen LogP contribution in [0.25, 0.3) is 0 Å². The van der Waals surface area contributed by atoms with Crippen LogP contribution in [0.3, 0.4) is 0 Å². The van der Waals surface area contributed by atoms with Gasteiger partial charge in [0.1, 0.15) is 31.1 Å². The molecule has 0 unspecified atom stereocenters. The molecule has 0 amide bonds. The fraction of sp³-hybridized carbons (Fsp3) is 0.381. The lowest BCUT2D eigenvalue weighted by Crippen LogP contribution is -2.36. The molecule has 14 heteroatoms. The average molecular weight is 522 g/mol. The minimum atomic E-state index is -5.02. The van der Waals surface area contributed by atoms with Gasteiger partial charge in [0.25, 0.3) is 5.56 Å². The first kappa shape index (κ1) is 26.5. The quantitative estimate of drug-likeness (QED) is 0.357. The van der Waals surface area contributed by atoms with Crippen molar-refractivity contribution >= 4 is 17.3 Å². The first-order valence-electron chi connectivity index (χ1n) is 9.79. The highest BCUT2D eigenvalue weighted by molar-refractivity contribution is 7.80. The highest BCUT2D eigenvalue weighted by atomic mass is 32.1. The number of aromatic amines is 1. The number of benzene rings is 1. The van der Waals surface area contributed by atoms with Crippen LogP contribution in [0.15, 0.2) is 40.1 Å². The predicted octanol–water partition coefficient (Wildman–Crippen LogP) is 3.27. The summed E-state index contributed by atoms with van der Waals surface area (Å²) in [6.07, 6.45) is -7.20. The number of H-pyrrole nitrogens is 1. The molecule has 1 fully saturated rings. The van der Waals surface area contributed by atoms with Gasteiger partial charge in [-0.05, 0) is 36.5 Å². The van der Waals surface area contributed by atoms with Gasteiger partial charge >= 0.3 is 18.0 Å². The molecule has 3 atom stereocenters. The number of aromatic nitrogens is 2. The van der Waals surface area contributed by atoms with Crippen molar-refractivity contribution in [2.24, 2.45) is 0 Å². The van der Waals surface area contributed by atoms with Crippen molar-refractivity contribution in [1.82, 2.24) is 9.55 Å². The molecule has 1 saturated heterocycles. The molecule has 0 bridgehead atoms. The lowest BCUT2D eigenvalue weighted by molar-refractivity contribution is -0.140. The van der Waals surface area contributed by atoms with E-state index in [1.54, 1.807) is 4.98 Å². The zero-order valence-corrected chi connectivity index (χ0v) is 18.3. The van der Waals surface area contributed by atoms with E-state index in [1.807, 2.05) is 0 Å². The molecule has 1 aromatic heterocycles. The van der Waals surface area contributed by atoms with Gasteiger partial charge in [-0.15, -0.1) is 6.42 Å². The second-order valence-corrected chi connectivity index (χ2v) is 7.67. The number of halogens is 6. The number of ether oxygens (including phenoxy) is 3. The fourth-order valence-electron chi connectivity index (χ4n) is 3.29. The molecule has 2 heterocycles. The van der Waals surface area contributed by atoms with Crippen molar-refractivity contribution in [1.29, 1.82) is 0 Å². The van der Waals surface area contributed by atoms with Crippen LogP contribution in [0.5, 0.6) is 0 Å². The summed E-state index contributed by atoms with van der Waals surface area (Å²) in [5.41, 5.74) is -5.03. The van der Waals surface area contributed by atoms with Crippen LogP contribution < -0.4 is 11.2 Å². The molecular weight excluding hydrogens is 506 g/mol. The van der Waals surface area contributed by atoms with E-state index in [2.05, 4.69) is 5.92 Å². The maximum absolute atomic E-state index is 13.1. The van der Waals surface area contributed by atoms with Crippen LogP contribution in [0, 0.1) is 12.3 Å². The van der Waals surface area contributed by atoms with E-state index in [0.717, 1.165) is 24.3 Å². The molecule has 7 nitrogen and oxygen atoms in total. The van der Waals surface area contributed by atoms with Crippen LogP contribution in [-0.2, 0) is 26.6 Å². The third-order valence-corrected chi connectivity index (χ3v) is 5.32. The molecule has 0 spiro atoms. The number of rotatable bonds is 6. The summed E-state index contributed by atoms with van der Waals surface area (Å²) in [6.45, 7) is -0.495. The Kier molecular flexibility index (Phi) is 7.73. The largest absolute Gasteiger partial charge is 0.480 e. The Hall–Kier alpha value is -3.15. The first-order valence-corrected chi connectivity index (χ1v) is 10.2. The predicted molar refractivity (Wildman–Crippen MR) is 113 cm³/mol. The molecule has 1 aromatic carbocycles. The van der Waals surface area contributed by atoms with E-state index in [9.17, 15) is 35.9 Å². The Balaban J connectivity index is 1.76. The Morgan fingerprint density at radius 3 is 2.40 bits per heavy atom. The van der Waals surface area contributed by atoms with Crippen LogP contribution in [0.1, 0.15) is 29.3 Å². The average Bonchev–Trinajstić information content (AvgIpc) is 3.17. The Labute approximate surface area is 198 Å². The lowest BCUT2D eigenvalue weighted by Gasteiger charge is -2.19. The van der Waals surface area contributed by atoms with Crippen molar-refractivity contribution < 1.29 is 40.6 Å². The standard InChI is InChI=1S/C21H16F6N2O5S/c1-2-7-32-14-8-16(29-9-13(21(25,26)27)17(30)28-19(29)31)34-15(14)10-33-18(35)11-3-5-12(6-4-11)20(22,23)24/h1,3-6,9,14-16H,7-8,10H2,(H,28,30,31)/t14-,15+,16+/m0/s1. The Morgan fingerprint density at radius 1 is 1.17 bits per heavy atom. The smallest absolute Gasteiger partial charge is 0.423 e. The van der Waals surface area contributed by atoms with Gasteiger partial charge in [0.05, 0.1) is 11.7 Å². The summed E-state index contributed by atoms with van der Waals surface area (Å²) >= 11 is 5.08. The van der Waals surface area contributed by atoms with Gasteiger partial charge in [0.2, 0.25) is 0 Å². The highest BCUT2D eigenvalue weighted by Crippen LogP contribution is 2.32. The summed E-state index contributed by atoms with van der Waals surface area (Å²) in [5.74, 6) is 2.22. The molecule has 188 valence electrons. The van der Waals surface area contributed by atoms with Gasteiger partial charge in [0.15, 0.2) is 5.05 Å². The van der Waals surface area contributed by atoms with Crippen LogP contribution >= 0.6 is 12.2 Å². The van der Waals surface area contributed by atoms with E-state index < -0.39 is 53.2 Å². The van der Waals surface area contributed by atoms with Gasteiger partial charge < -0.3 is 14.2 Å². The molecule has 35 heavy (non-hydrogen) atoms. The molecule has 0 aliphatic carbocycles. The minimum absolute atomic E-state index is 0.119. The number of hydrogen-bond donors (Lipinski definition) is 1. The number of thiocarbonyl (C=S) groups is 1. The highest BCUT2D eigenvalue weighted by Gasteiger charge is 2.40. The molecule has 2 aromatic rings. The molecule has 1 aliphatic rings. The van der Waals surface area contributed by atoms with Crippen molar-refractivity contribution in [3.63, 3.8) is 0 Å². The van der Waals surface area contributed by atoms with Crippen molar-refractivity contribution in [3.8, 4) is 12.3 Å². The molecular formula is C21H16F6N2O5S. The monoisotopic (exact) mass is 522 g/mol. The summed E-state index contributed by atoms with van der Waals surface area (Å²) in [7, 11) is 0. The van der Waals surface area contributed by atoms with Crippen LogP contribution in [-0.4, -0.2) is 40.0 Å². The zero-order valence-electron chi connectivity index (χ0n) is 17.5. The second-order valence-electron chi connectivity index (χ2n) is 7.30. The van der Waals surface area contributed by atoms with Crippen LogP contribution in [0.4, 0.5) is 26.3 Å². The molecule has 1 aliphatic heterocycles. The van der Waals surface area contributed by atoms with E-state index in [1.165, 1.54) is 0 Å². The second kappa shape index (κ2) is 10.2. The van der Waals surface area contributed by atoms with Gasteiger partial charge in [-0.2, -0.15) is 26.3 Å². The third kappa shape index (κ3) is 6.30. The summed E-state index contributed by atoms with van der Waals surface area (Å²) < 4.78 is 94.6. The van der Waals surface area contributed by atoms with Crippen LogP contribution in [0.2, 0.25) is 0 Å². The number of terminal acetylenes is 1. The third-order valence-electron chi connectivity index (χ3n) is 4.97. The minimum Gasteiger partial charge on any atom is -0.480 e. The summed E-state index contributed by atoms with van der Waals surface area (Å²) in [6, 6.07) is 3.89. The normalized spacial score (nSPS) is 20.4. The SMILES string of the molecule is C#CCO[C@H]1C[C@H](n2cc(C(F)(F)F)c(=O)[nH]c2=O)O[C@@H]1COC(=S)c1ccc(C(F)(F)F)cc1. The topological polar surface area (TPSA) is 82.6 Å². The number of nitrogens with one attached hydrogen (secondary N) is 1. The van der Waals surface area contributed by atoms with E-state index in [-0.39, 0.29) is 30.2 Å². The summed E-state index contributed by atoms with van der Waals surface area (Å²) in [4.78, 5) is 25.3. The number of nitrogens with zero attached hydrogens (tertiary/aromatic N) is 1. The molecule has 1 N–H and O–H groups in total. The van der Waals surface area contributed by atoms with Crippen molar-refractivity contribution in [3.05, 3.63) is 68.0 Å². The first-order chi connectivity index (χ1) is 16.3. The van der Waals surface area contributed by atoms with E-state index in [4.69, 9.17) is 32.9 Å². The number of alkyl halides is 6. The van der Waals surface area contributed by atoms with Gasteiger partial charge in [-0.25, -0.2) is 4.79 Å². The zero-order chi connectivity index (χ0) is 26.0. The fourth-order valence-corrected chi connectivity index (χ4v) is 3.49. The van der Waals surface area contributed by atoms with Gasteiger partial charge in [-0.3, -0.25) is 14.3 Å². The molecule has 0 saturated carbocycles. The lowest BCUT2D eigenvalue weighted by atomic mass is 10.1. The van der Waals surface area contributed by atoms with Gasteiger partial charge in [-0.1, -0.05) is 5.92 Å². The van der Waals surface area contributed by atoms with E-state index >= 15 is 0 Å². The van der Waals surface area contributed by atoms with Crippen molar-refractivity contribution in [2.75, 3.05) is 13.2 Å². The number of hydrogen-bond acceptors (Lipinski definition) is 6. The molecule has 3 rings (SSSR count). The maximum Gasteiger partial charge on any atom is 0.423 e.